The SMILES string of the molecule is CCC(=O)N1CCC(c2nc3ccccc3[nH]2)CC1. The number of para-hydroxylation sites is 2. The number of fused-ring (bicyclic) bond motifs is 1. The van der Waals surface area contributed by atoms with Crippen LogP contribution >= 0.6 is 0 Å². The minimum Gasteiger partial charge on any atom is -0.343 e. The number of piperidine rings is 1. The molecule has 0 saturated carbocycles. The molecule has 19 heavy (non-hydrogen) atoms. The normalized spacial score (nSPS) is 17.0. The number of aromatic nitrogens is 2. The topological polar surface area (TPSA) is 49.0 Å². The quantitative estimate of drug-likeness (QED) is 0.899. The van der Waals surface area contributed by atoms with E-state index in [-0.39, 0.29) is 5.91 Å². The summed E-state index contributed by atoms with van der Waals surface area (Å²) in [5.41, 5.74) is 2.13. The number of imidazole rings is 1. The highest BCUT2D eigenvalue weighted by Crippen LogP contribution is 2.27. The molecule has 1 aliphatic rings. The van der Waals surface area contributed by atoms with E-state index in [4.69, 9.17) is 0 Å². The highest BCUT2D eigenvalue weighted by atomic mass is 16.2. The van der Waals surface area contributed by atoms with Gasteiger partial charge < -0.3 is 9.88 Å². The van der Waals surface area contributed by atoms with Crippen LogP contribution in [-0.4, -0.2) is 33.9 Å². The molecular formula is C15H19N3O. The smallest absolute Gasteiger partial charge is 0.222 e. The van der Waals surface area contributed by atoms with E-state index in [1.54, 1.807) is 0 Å². The van der Waals surface area contributed by atoms with Crippen LogP contribution in [0.15, 0.2) is 24.3 Å². The molecule has 1 aromatic heterocycles. The molecule has 1 N–H and O–H groups in total. The van der Waals surface area contributed by atoms with Crippen LogP contribution in [0.1, 0.15) is 37.9 Å². The van der Waals surface area contributed by atoms with Crippen LogP contribution in [0.2, 0.25) is 0 Å². The van der Waals surface area contributed by atoms with Crippen molar-refractivity contribution in [3.05, 3.63) is 30.1 Å². The van der Waals surface area contributed by atoms with Crippen molar-refractivity contribution in [3.8, 4) is 0 Å². The third-order valence-corrected chi connectivity index (χ3v) is 3.94. The molecular weight excluding hydrogens is 238 g/mol. The lowest BCUT2D eigenvalue weighted by Gasteiger charge is -2.30. The molecule has 4 heteroatoms. The highest BCUT2D eigenvalue weighted by Gasteiger charge is 2.24. The number of H-pyrrole nitrogens is 1. The van der Waals surface area contributed by atoms with Crippen molar-refractivity contribution in [2.24, 2.45) is 0 Å². The van der Waals surface area contributed by atoms with Crippen molar-refractivity contribution in [2.75, 3.05) is 13.1 Å². The highest BCUT2D eigenvalue weighted by molar-refractivity contribution is 5.76. The number of likely N-dealkylation sites (tertiary alicyclic amines) is 1. The largest absolute Gasteiger partial charge is 0.343 e. The number of carbonyl (C=O) groups is 1. The second-order valence-electron chi connectivity index (χ2n) is 5.15. The van der Waals surface area contributed by atoms with E-state index in [1.165, 1.54) is 0 Å². The molecule has 2 aromatic rings. The van der Waals surface area contributed by atoms with Gasteiger partial charge in [0.25, 0.3) is 0 Å². The molecule has 0 bridgehead atoms. The van der Waals surface area contributed by atoms with Gasteiger partial charge in [0, 0.05) is 25.4 Å². The number of hydrogen-bond donors (Lipinski definition) is 1. The van der Waals surface area contributed by atoms with E-state index in [0.29, 0.717) is 12.3 Å². The Balaban J connectivity index is 1.72. The minimum absolute atomic E-state index is 0.267. The Morgan fingerprint density at radius 3 is 2.79 bits per heavy atom. The van der Waals surface area contributed by atoms with Crippen LogP contribution < -0.4 is 0 Å². The van der Waals surface area contributed by atoms with Crippen LogP contribution in [-0.2, 0) is 4.79 Å². The van der Waals surface area contributed by atoms with E-state index in [0.717, 1.165) is 42.8 Å². The number of rotatable bonds is 2. The minimum atomic E-state index is 0.267. The van der Waals surface area contributed by atoms with Gasteiger partial charge in [-0.05, 0) is 25.0 Å². The van der Waals surface area contributed by atoms with Gasteiger partial charge in [-0.3, -0.25) is 4.79 Å². The maximum atomic E-state index is 11.7. The molecule has 2 heterocycles. The van der Waals surface area contributed by atoms with Crippen LogP contribution in [0, 0.1) is 0 Å². The number of hydrogen-bond acceptors (Lipinski definition) is 2. The maximum Gasteiger partial charge on any atom is 0.222 e. The number of nitrogens with zero attached hydrogens (tertiary/aromatic N) is 2. The monoisotopic (exact) mass is 257 g/mol. The van der Waals surface area contributed by atoms with Gasteiger partial charge in [0.1, 0.15) is 5.82 Å². The van der Waals surface area contributed by atoms with Gasteiger partial charge in [0.05, 0.1) is 11.0 Å². The van der Waals surface area contributed by atoms with Crippen LogP contribution in [0.25, 0.3) is 11.0 Å². The van der Waals surface area contributed by atoms with E-state index >= 15 is 0 Å². The van der Waals surface area contributed by atoms with Gasteiger partial charge in [-0.25, -0.2) is 4.98 Å². The van der Waals surface area contributed by atoms with Crippen molar-refractivity contribution >= 4 is 16.9 Å². The summed E-state index contributed by atoms with van der Waals surface area (Å²) in [7, 11) is 0. The summed E-state index contributed by atoms with van der Waals surface area (Å²) < 4.78 is 0. The van der Waals surface area contributed by atoms with Gasteiger partial charge in [-0.1, -0.05) is 19.1 Å². The molecule has 1 aromatic carbocycles. The van der Waals surface area contributed by atoms with E-state index in [1.807, 2.05) is 30.0 Å². The van der Waals surface area contributed by atoms with Crippen molar-refractivity contribution in [2.45, 2.75) is 32.1 Å². The first-order chi connectivity index (χ1) is 9.28. The van der Waals surface area contributed by atoms with Crippen molar-refractivity contribution in [3.63, 3.8) is 0 Å². The maximum absolute atomic E-state index is 11.7. The zero-order valence-corrected chi connectivity index (χ0v) is 11.2. The lowest BCUT2D eigenvalue weighted by atomic mass is 9.96. The first-order valence-electron chi connectivity index (χ1n) is 7.00. The van der Waals surface area contributed by atoms with Gasteiger partial charge in [-0.2, -0.15) is 0 Å². The molecule has 0 spiro atoms. The van der Waals surface area contributed by atoms with Crippen molar-refractivity contribution in [1.29, 1.82) is 0 Å². The number of carbonyl (C=O) groups excluding carboxylic acids is 1. The summed E-state index contributed by atoms with van der Waals surface area (Å²) in [4.78, 5) is 21.7. The zero-order chi connectivity index (χ0) is 13.2. The molecule has 0 unspecified atom stereocenters. The Morgan fingerprint density at radius 1 is 1.37 bits per heavy atom. The second kappa shape index (κ2) is 5.03. The lowest BCUT2D eigenvalue weighted by molar-refractivity contribution is -0.131. The van der Waals surface area contributed by atoms with E-state index in [9.17, 15) is 4.79 Å². The number of aromatic amines is 1. The van der Waals surface area contributed by atoms with E-state index in [2.05, 4.69) is 16.0 Å². The van der Waals surface area contributed by atoms with Gasteiger partial charge in [0.2, 0.25) is 5.91 Å². The van der Waals surface area contributed by atoms with E-state index < -0.39 is 0 Å². The third kappa shape index (κ3) is 2.35. The fraction of sp³-hybridized carbons (Fsp3) is 0.467. The summed E-state index contributed by atoms with van der Waals surface area (Å²) in [5.74, 6) is 1.79. The molecule has 1 amide bonds. The lowest BCUT2D eigenvalue weighted by Crippen LogP contribution is -2.37. The average molecular weight is 257 g/mol. The standard InChI is InChI=1S/C15H19N3O/c1-2-14(19)18-9-7-11(8-10-18)15-16-12-5-3-4-6-13(12)17-15/h3-6,11H,2,7-10H2,1H3,(H,16,17). The zero-order valence-electron chi connectivity index (χ0n) is 11.2. The van der Waals surface area contributed by atoms with Gasteiger partial charge in [-0.15, -0.1) is 0 Å². The van der Waals surface area contributed by atoms with Crippen LogP contribution in [0.3, 0.4) is 0 Å². The molecule has 1 saturated heterocycles. The van der Waals surface area contributed by atoms with Gasteiger partial charge in [0.15, 0.2) is 0 Å². The van der Waals surface area contributed by atoms with Gasteiger partial charge >= 0.3 is 0 Å². The molecule has 100 valence electrons. The Labute approximate surface area is 112 Å². The summed E-state index contributed by atoms with van der Waals surface area (Å²) in [6.45, 7) is 3.64. The molecule has 0 aliphatic carbocycles. The molecule has 1 aliphatic heterocycles. The first-order valence-corrected chi connectivity index (χ1v) is 7.00. The summed E-state index contributed by atoms with van der Waals surface area (Å²) in [5, 5.41) is 0. The van der Waals surface area contributed by atoms with Crippen molar-refractivity contribution in [1.82, 2.24) is 14.9 Å². The predicted molar refractivity (Wildman–Crippen MR) is 74.9 cm³/mol. The van der Waals surface area contributed by atoms with Crippen LogP contribution in [0.4, 0.5) is 0 Å². The molecule has 3 rings (SSSR count). The Hall–Kier alpha value is -1.84. The number of nitrogens with one attached hydrogen (secondary N) is 1. The predicted octanol–water partition coefficient (Wildman–Crippen LogP) is 2.68. The average Bonchev–Trinajstić information content (AvgIpc) is 2.90. The molecule has 1 fully saturated rings. The Kier molecular flexibility index (Phi) is 3.23. The van der Waals surface area contributed by atoms with Crippen molar-refractivity contribution < 1.29 is 4.79 Å². The Morgan fingerprint density at radius 2 is 2.11 bits per heavy atom. The molecule has 0 atom stereocenters. The molecule has 4 nitrogen and oxygen atoms in total. The first kappa shape index (κ1) is 12.2. The second-order valence-corrected chi connectivity index (χ2v) is 5.15. The fourth-order valence-corrected chi connectivity index (χ4v) is 2.79. The summed E-state index contributed by atoms with van der Waals surface area (Å²) >= 11 is 0. The summed E-state index contributed by atoms with van der Waals surface area (Å²) in [6, 6.07) is 8.12. The van der Waals surface area contributed by atoms with Crippen LogP contribution in [0.5, 0.6) is 0 Å². The number of amides is 1. The summed E-state index contributed by atoms with van der Waals surface area (Å²) in [6.07, 6.45) is 2.62. The Bertz CT molecular complexity index is 549. The third-order valence-electron chi connectivity index (χ3n) is 3.94. The fourth-order valence-electron chi connectivity index (χ4n) is 2.79. The number of benzene rings is 1. The molecule has 0 radical (unpaired) electrons.